The molecule has 0 saturated carbocycles. The molecule has 0 aliphatic carbocycles. The maximum Gasteiger partial charge on any atom is 0.0419 e. The lowest BCUT2D eigenvalue weighted by molar-refractivity contribution is 0.259. The predicted octanol–water partition coefficient (Wildman–Crippen LogP) is 4.11. The molecule has 0 unspecified atom stereocenters. The first kappa shape index (κ1) is 19.3. The average Bonchev–Trinajstić information content (AvgIpc) is 3.18. The summed E-state index contributed by atoms with van der Waals surface area (Å²) < 4.78 is 0. The lowest BCUT2D eigenvalue weighted by Gasteiger charge is -2.23. The minimum absolute atomic E-state index is 0. The van der Waals surface area contributed by atoms with Crippen LogP contribution < -0.4 is 5.32 Å². The number of nitrogens with one attached hydrogen (secondary N) is 1. The summed E-state index contributed by atoms with van der Waals surface area (Å²) in [7, 11) is 0. The van der Waals surface area contributed by atoms with E-state index in [0.29, 0.717) is 0 Å². The van der Waals surface area contributed by atoms with Gasteiger partial charge < -0.3 is 5.32 Å². The molecule has 1 aliphatic heterocycles. The number of halogens is 1. The normalized spacial score (nSPS) is 12.3. The van der Waals surface area contributed by atoms with Gasteiger partial charge in [0.15, 0.2) is 0 Å². The van der Waals surface area contributed by atoms with Crippen LogP contribution in [0, 0.1) is 0 Å². The molecular formula is C22H25ClN4. The summed E-state index contributed by atoms with van der Waals surface area (Å²) in [6.07, 6.45) is 7.73. The van der Waals surface area contributed by atoms with Crippen LogP contribution in [0.25, 0.3) is 0 Å². The lowest BCUT2D eigenvalue weighted by Crippen LogP contribution is -2.26. The highest BCUT2D eigenvalue weighted by Gasteiger charge is 2.16. The Morgan fingerprint density at radius 1 is 0.963 bits per heavy atom. The molecule has 1 aromatic carbocycles. The number of hydrogen-bond acceptors (Lipinski definition) is 4. The van der Waals surface area contributed by atoms with Crippen molar-refractivity contribution in [2.45, 2.75) is 25.9 Å². The van der Waals surface area contributed by atoms with Crippen molar-refractivity contribution >= 4 is 18.1 Å². The number of benzene rings is 1. The molecule has 0 bridgehead atoms. The third kappa shape index (κ3) is 5.06. The van der Waals surface area contributed by atoms with Crippen molar-refractivity contribution < 1.29 is 0 Å². The van der Waals surface area contributed by atoms with Crippen LogP contribution >= 0.6 is 12.4 Å². The second-order valence-electron chi connectivity index (χ2n) is 6.77. The molecule has 5 heteroatoms. The lowest BCUT2D eigenvalue weighted by atomic mass is 10.1. The number of aromatic nitrogens is 2. The van der Waals surface area contributed by atoms with Crippen LogP contribution in [-0.4, -0.2) is 28.0 Å². The Morgan fingerprint density at radius 3 is 2.74 bits per heavy atom. The molecule has 0 saturated heterocycles. The molecule has 1 aliphatic rings. The topological polar surface area (TPSA) is 41.1 Å². The Morgan fingerprint density at radius 2 is 1.93 bits per heavy atom. The van der Waals surface area contributed by atoms with Crippen LogP contribution in [0.1, 0.15) is 22.4 Å². The monoisotopic (exact) mass is 380 g/mol. The first-order valence-electron chi connectivity index (χ1n) is 9.24. The van der Waals surface area contributed by atoms with Crippen molar-refractivity contribution in [1.82, 2.24) is 14.9 Å². The zero-order chi connectivity index (χ0) is 17.6. The highest BCUT2D eigenvalue weighted by molar-refractivity contribution is 5.85. The van der Waals surface area contributed by atoms with Crippen LogP contribution in [0.2, 0.25) is 0 Å². The van der Waals surface area contributed by atoms with Gasteiger partial charge in [-0.25, -0.2) is 0 Å². The molecule has 4 rings (SSSR count). The first-order chi connectivity index (χ1) is 12.9. The van der Waals surface area contributed by atoms with Crippen molar-refractivity contribution in [2.75, 3.05) is 18.4 Å². The molecule has 27 heavy (non-hydrogen) atoms. The van der Waals surface area contributed by atoms with Crippen molar-refractivity contribution in [3.05, 3.63) is 89.5 Å². The van der Waals surface area contributed by atoms with Gasteiger partial charge in [0.2, 0.25) is 0 Å². The third-order valence-electron chi connectivity index (χ3n) is 4.87. The van der Waals surface area contributed by atoms with E-state index in [1.165, 1.54) is 22.4 Å². The summed E-state index contributed by atoms with van der Waals surface area (Å²) in [4.78, 5) is 11.2. The second kappa shape index (κ2) is 9.49. The largest absolute Gasteiger partial charge is 0.384 e. The number of rotatable bonds is 7. The Kier molecular flexibility index (Phi) is 6.80. The summed E-state index contributed by atoms with van der Waals surface area (Å²) in [5.41, 5.74) is 6.54. The highest BCUT2D eigenvalue weighted by Crippen LogP contribution is 2.27. The standard InChI is InChI=1S/C22H24N4.ClH/c1-2-12-24-21(8-1)10-14-26(16-18-5-4-11-23-15-18)17-20-7-3-6-19-9-13-25-22(19)20;/h1-8,11-12,15,25H,9-10,13-14,16-17H2;1H. The van der Waals surface area contributed by atoms with Gasteiger partial charge in [-0.05, 0) is 41.3 Å². The molecular weight excluding hydrogens is 356 g/mol. The molecule has 3 aromatic rings. The zero-order valence-electron chi connectivity index (χ0n) is 15.3. The number of hydrogen-bond donors (Lipinski definition) is 1. The number of para-hydroxylation sites is 1. The fourth-order valence-corrected chi connectivity index (χ4v) is 3.57. The molecule has 0 spiro atoms. The molecule has 0 fully saturated rings. The average molecular weight is 381 g/mol. The molecule has 140 valence electrons. The first-order valence-corrected chi connectivity index (χ1v) is 9.24. The maximum absolute atomic E-state index is 4.47. The highest BCUT2D eigenvalue weighted by atomic mass is 35.5. The van der Waals surface area contributed by atoms with Gasteiger partial charge in [0, 0.05) is 62.6 Å². The fraction of sp³-hybridized carbons (Fsp3) is 0.273. The summed E-state index contributed by atoms with van der Waals surface area (Å²) in [6, 6.07) is 16.9. The van der Waals surface area contributed by atoms with Gasteiger partial charge >= 0.3 is 0 Å². The van der Waals surface area contributed by atoms with Gasteiger partial charge in [-0.3, -0.25) is 14.9 Å². The predicted molar refractivity (Wildman–Crippen MR) is 112 cm³/mol. The van der Waals surface area contributed by atoms with Gasteiger partial charge in [0.25, 0.3) is 0 Å². The quantitative estimate of drug-likeness (QED) is 0.669. The summed E-state index contributed by atoms with van der Waals surface area (Å²) in [5, 5.41) is 3.56. The molecule has 2 aromatic heterocycles. The van der Waals surface area contributed by atoms with E-state index >= 15 is 0 Å². The van der Waals surface area contributed by atoms with E-state index in [4.69, 9.17) is 0 Å². The van der Waals surface area contributed by atoms with Gasteiger partial charge in [-0.2, -0.15) is 0 Å². The van der Waals surface area contributed by atoms with E-state index in [1.54, 1.807) is 0 Å². The van der Waals surface area contributed by atoms with Crippen LogP contribution in [0.5, 0.6) is 0 Å². The van der Waals surface area contributed by atoms with Crippen molar-refractivity contribution in [1.29, 1.82) is 0 Å². The summed E-state index contributed by atoms with van der Waals surface area (Å²) >= 11 is 0. The number of anilines is 1. The van der Waals surface area contributed by atoms with Crippen molar-refractivity contribution in [2.24, 2.45) is 0 Å². The summed E-state index contributed by atoms with van der Waals surface area (Å²) in [6.45, 7) is 3.83. The van der Waals surface area contributed by atoms with Crippen LogP contribution in [0.3, 0.4) is 0 Å². The zero-order valence-corrected chi connectivity index (χ0v) is 16.2. The Labute approximate surface area is 167 Å². The second-order valence-corrected chi connectivity index (χ2v) is 6.77. The molecule has 1 N–H and O–H groups in total. The fourth-order valence-electron chi connectivity index (χ4n) is 3.57. The van der Waals surface area contributed by atoms with Gasteiger partial charge in [0.05, 0.1) is 0 Å². The smallest absolute Gasteiger partial charge is 0.0419 e. The number of nitrogens with zero attached hydrogens (tertiary/aromatic N) is 3. The molecule has 3 heterocycles. The van der Waals surface area contributed by atoms with Crippen molar-refractivity contribution in [3.8, 4) is 0 Å². The van der Waals surface area contributed by atoms with E-state index in [1.807, 2.05) is 30.7 Å². The number of fused-ring (bicyclic) bond motifs is 1. The molecule has 0 atom stereocenters. The van der Waals surface area contributed by atoms with E-state index in [-0.39, 0.29) is 12.4 Å². The maximum atomic E-state index is 4.47. The van der Waals surface area contributed by atoms with E-state index in [0.717, 1.165) is 44.7 Å². The molecule has 0 radical (unpaired) electrons. The van der Waals surface area contributed by atoms with E-state index in [2.05, 4.69) is 56.6 Å². The molecule has 4 nitrogen and oxygen atoms in total. The van der Waals surface area contributed by atoms with Gasteiger partial charge in [-0.1, -0.05) is 30.3 Å². The summed E-state index contributed by atoms with van der Waals surface area (Å²) in [5.74, 6) is 0. The van der Waals surface area contributed by atoms with Crippen molar-refractivity contribution in [3.63, 3.8) is 0 Å². The minimum atomic E-state index is 0. The third-order valence-corrected chi connectivity index (χ3v) is 4.87. The molecule has 0 amide bonds. The van der Waals surface area contributed by atoms with E-state index in [9.17, 15) is 0 Å². The van der Waals surface area contributed by atoms with Crippen LogP contribution in [-0.2, 0) is 25.9 Å². The minimum Gasteiger partial charge on any atom is -0.384 e. The van der Waals surface area contributed by atoms with Crippen LogP contribution in [0.15, 0.2) is 67.1 Å². The number of pyridine rings is 2. The Hall–Kier alpha value is -2.43. The van der Waals surface area contributed by atoms with Gasteiger partial charge in [0.1, 0.15) is 0 Å². The SMILES string of the molecule is Cl.c1ccc(CCN(Cc2cccnc2)Cc2cccc3c2NCC3)nc1. The van der Waals surface area contributed by atoms with Gasteiger partial charge in [-0.15, -0.1) is 12.4 Å². The van der Waals surface area contributed by atoms with Crippen LogP contribution in [0.4, 0.5) is 5.69 Å². The Balaban J connectivity index is 0.00000210. The Bertz CT molecular complexity index is 839. The van der Waals surface area contributed by atoms with E-state index < -0.39 is 0 Å².